The van der Waals surface area contributed by atoms with Crippen LogP contribution in [0.1, 0.15) is 22.3 Å². The van der Waals surface area contributed by atoms with Gasteiger partial charge in [0.2, 0.25) is 0 Å². The summed E-state index contributed by atoms with van der Waals surface area (Å²) in [5, 5.41) is 12.0. The molecule has 2 heteroatoms. The minimum atomic E-state index is 0.793. The van der Waals surface area contributed by atoms with Crippen LogP contribution in [0.4, 0.5) is 0 Å². The fourth-order valence-corrected chi connectivity index (χ4v) is 1.55. The van der Waals surface area contributed by atoms with Crippen molar-refractivity contribution in [3.05, 3.63) is 34.4 Å². The number of hydrogen-bond donors (Lipinski definition) is 1. The predicted molar refractivity (Wildman–Crippen MR) is 58.3 cm³/mol. The van der Waals surface area contributed by atoms with Crippen molar-refractivity contribution in [1.82, 2.24) is 5.32 Å². The molecule has 0 spiro atoms. The smallest absolute Gasteiger partial charge is 0.0994 e. The molecule has 0 aromatic heterocycles. The van der Waals surface area contributed by atoms with Gasteiger partial charge in [-0.3, -0.25) is 0 Å². The van der Waals surface area contributed by atoms with Crippen molar-refractivity contribution in [2.75, 3.05) is 13.6 Å². The molecule has 0 radical (unpaired) electrons. The summed E-state index contributed by atoms with van der Waals surface area (Å²) in [6, 6.07) is 6.31. The SMILES string of the molecule is CNCCc1cc(C#N)c(C)cc1C. The summed E-state index contributed by atoms with van der Waals surface area (Å²) >= 11 is 0. The second-order valence-electron chi connectivity index (χ2n) is 3.56. The number of benzene rings is 1. The molecule has 2 nitrogen and oxygen atoms in total. The Bertz CT molecular complexity index is 361. The highest BCUT2D eigenvalue weighted by atomic mass is 14.8. The second kappa shape index (κ2) is 4.78. The van der Waals surface area contributed by atoms with Gasteiger partial charge < -0.3 is 5.32 Å². The van der Waals surface area contributed by atoms with Gasteiger partial charge in [0.05, 0.1) is 11.6 Å². The number of nitriles is 1. The van der Waals surface area contributed by atoms with E-state index in [9.17, 15) is 0 Å². The first-order chi connectivity index (χ1) is 6.69. The number of hydrogen-bond acceptors (Lipinski definition) is 2. The third-order valence-electron chi connectivity index (χ3n) is 2.45. The molecule has 0 heterocycles. The molecule has 1 rings (SSSR count). The Labute approximate surface area is 85.6 Å². The van der Waals surface area contributed by atoms with E-state index in [1.54, 1.807) is 0 Å². The van der Waals surface area contributed by atoms with E-state index in [4.69, 9.17) is 5.26 Å². The maximum Gasteiger partial charge on any atom is 0.0994 e. The molecular weight excluding hydrogens is 172 g/mol. The minimum absolute atomic E-state index is 0.793. The largest absolute Gasteiger partial charge is 0.319 e. The number of nitrogens with zero attached hydrogens (tertiary/aromatic N) is 1. The van der Waals surface area contributed by atoms with E-state index in [2.05, 4.69) is 24.4 Å². The van der Waals surface area contributed by atoms with Crippen LogP contribution in [-0.4, -0.2) is 13.6 Å². The zero-order valence-corrected chi connectivity index (χ0v) is 9.02. The van der Waals surface area contributed by atoms with Gasteiger partial charge in [0.25, 0.3) is 0 Å². The van der Waals surface area contributed by atoms with Gasteiger partial charge in [-0.05, 0) is 56.6 Å². The van der Waals surface area contributed by atoms with E-state index in [-0.39, 0.29) is 0 Å². The van der Waals surface area contributed by atoms with Crippen LogP contribution in [0.2, 0.25) is 0 Å². The van der Waals surface area contributed by atoms with Crippen LogP contribution < -0.4 is 5.32 Å². The first-order valence-electron chi connectivity index (χ1n) is 4.84. The molecule has 0 fully saturated rings. The Hall–Kier alpha value is -1.33. The number of likely N-dealkylation sites (N-methyl/N-ethyl adjacent to an activating group) is 1. The van der Waals surface area contributed by atoms with Crippen LogP contribution >= 0.6 is 0 Å². The summed E-state index contributed by atoms with van der Waals surface area (Å²) in [5.41, 5.74) is 4.40. The van der Waals surface area contributed by atoms with E-state index in [1.165, 1.54) is 11.1 Å². The Morgan fingerprint density at radius 1 is 1.29 bits per heavy atom. The minimum Gasteiger partial charge on any atom is -0.319 e. The van der Waals surface area contributed by atoms with Gasteiger partial charge in [0.15, 0.2) is 0 Å². The standard InChI is InChI=1S/C12H16N2/c1-9-6-10(2)12(8-13)7-11(9)4-5-14-3/h6-7,14H,4-5H2,1-3H3. The summed E-state index contributed by atoms with van der Waals surface area (Å²) in [4.78, 5) is 0. The molecule has 0 atom stereocenters. The van der Waals surface area contributed by atoms with Crippen molar-refractivity contribution in [1.29, 1.82) is 5.26 Å². The monoisotopic (exact) mass is 188 g/mol. The summed E-state index contributed by atoms with van der Waals surface area (Å²) in [7, 11) is 1.94. The molecule has 1 N–H and O–H groups in total. The maximum absolute atomic E-state index is 8.89. The van der Waals surface area contributed by atoms with E-state index >= 15 is 0 Å². The average molecular weight is 188 g/mol. The molecular formula is C12H16N2. The summed E-state index contributed by atoms with van der Waals surface area (Å²) in [6.45, 7) is 5.03. The van der Waals surface area contributed by atoms with Gasteiger partial charge in [-0.25, -0.2) is 0 Å². The van der Waals surface area contributed by atoms with Crippen molar-refractivity contribution in [3.63, 3.8) is 0 Å². The molecule has 1 aromatic rings. The molecule has 74 valence electrons. The number of aryl methyl sites for hydroxylation is 2. The molecule has 0 saturated heterocycles. The zero-order chi connectivity index (χ0) is 10.6. The van der Waals surface area contributed by atoms with E-state index in [0.29, 0.717) is 0 Å². The zero-order valence-electron chi connectivity index (χ0n) is 9.02. The molecule has 0 aliphatic heterocycles. The van der Waals surface area contributed by atoms with Crippen LogP contribution in [-0.2, 0) is 6.42 Å². The lowest BCUT2D eigenvalue weighted by atomic mass is 9.99. The first-order valence-corrected chi connectivity index (χ1v) is 4.84. The molecule has 0 aliphatic carbocycles. The van der Waals surface area contributed by atoms with E-state index in [1.807, 2.05) is 20.0 Å². The fraction of sp³-hybridized carbons (Fsp3) is 0.417. The summed E-state index contributed by atoms with van der Waals surface area (Å²) < 4.78 is 0. The van der Waals surface area contributed by atoms with Gasteiger partial charge in [0.1, 0.15) is 0 Å². The van der Waals surface area contributed by atoms with Crippen molar-refractivity contribution >= 4 is 0 Å². The molecule has 0 aliphatic rings. The van der Waals surface area contributed by atoms with Crippen LogP contribution in [0.3, 0.4) is 0 Å². The molecule has 1 aromatic carbocycles. The highest BCUT2D eigenvalue weighted by Crippen LogP contribution is 2.15. The molecule has 14 heavy (non-hydrogen) atoms. The second-order valence-corrected chi connectivity index (χ2v) is 3.56. The Kier molecular flexibility index (Phi) is 3.67. The summed E-state index contributed by atoms with van der Waals surface area (Å²) in [5.74, 6) is 0. The fourth-order valence-electron chi connectivity index (χ4n) is 1.55. The Balaban J connectivity index is 3.00. The Morgan fingerprint density at radius 2 is 2.00 bits per heavy atom. The van der Waals surface area contributed by atoms with Crippen LogP contribution in [0.5, 0.6) is 0 Å². The van der Waals surface area contributed by atoms with Crippen molar-refractivity contribution in [2.24, 2.45) is 0 Å². The van der Waals surface area contributed by atoms with E-state index in [0.717, 1.165) is 24.1 Å². The van der Waals surface area contributed by atoms with Gasteiger partial charge in [-0.1, -0.05) is 6.07 Å². The first kappa shape index (κ1) is 10.7. The molecule has 0 unspecified atom stereocenters. The predicted octanol–water partition coefficient (Wildman–Crippen LogP) is 1.94. The lowest BCUT2D eigenvalue weighted by Crippen LogP contribution is -2.11. The highest BCUT2D eigenvalue weighted by Gasteiger charge is 2.03. The number of rotatable bonds is 3. The lowest BCUT2D eigenvalue weighted by molar-refractivity contribution is 0.788. The average Bonchev–Trinajstić information content (AvgIpc) is 2.17. The van der Waals surface area contributed by atoms with Crippen molar-refractivity contribution in [3.8, 4) is 6.07 Å². The van der Waals surface area contributed by atoms with Crippen molar-refractivity contribution in [2.45, 2.75) is 20.3 Å². The third kappa shape index (κ3) is 2.34. The van der Waals surface area contributed by atoms with Crippen molar-refractivity contribution < 1.29 is 0 Å². The van der Waals surface area contributed by atoms with Gasteiger partial charge >= 0.3 is 0 Å². The summed E-state index contributed by atoms with van der Waals surface area (Å²) in [6.07, 6.45) is 0.983. The van der Waals surface area contributed by atoms with Crippen LogP contribution in [0, 0.1) is 25.2 Å². The molecule has 0 amide bonds. The Morgan fingerprint density at radius 3 is 2.57 bits per heavy atom. The lowest BCUT2D eigenvalue weighted by Gasteiger charge is -2.08. The van der Waals surface area contributed by atoms with Gasteiger partial charge in [-0.15, -0.1) is 0 Å². The van der Waals surface area contributed by atoms with Gasteiger partial charge in [0, 0.05) is 0 Å². The van der Waals surface area contributed by atoms with E-state index < -0.39 is 0 Å². The third-order valence-corrected chi connectivity index (χ3v) is 2.45. The highest BCUT2D eigenvalue weighted by molar-refractivity contribution is 5.43. The maximum atomic E-state index is 8.89. The normalized spacial score (nSPS) is 9.86. The molecule has 0 bridgehead atoms. The quantitative estimate of drug-likeness (QED) is 0.786. The van der Waals surface area contributed by atoms with Crippen LogP contribution in [0.25, 0.3) is 0 Å². The topological polar surface area (TPSA) is 35.8 Å². The van der Waals surface area contributed by atoms with Gasteiger partial charge in [-0.2, -0.15) is 5.26 Å². The number of nitrogens with one attached hydrogen (secondary N) is 1. The van der Waals surface area contributed by atoms with Crippen LogP contribution in [0.15, 0.2) is 12.1 Å². The molecule has 0 saturated carbocycles.